The van der Waals surface area contributed by atoms with E-state index in [1.165, 1.54) is 6.20 Å². The number of nitrogens with two attached hydrogens (primary N) is 1. The molecule has 7 nitrogen and oxygen atoms in total. The molecule has 0 atom stereocenters. The number of aromatic nitrogens is 3. The van der Waals surface area contributed by atoms with Crippen molar-refractivity contribution < 1.29 is 14.3 Å². The zero-order valence-electron chi connectivity index (χ0n) is 18.1. The lowest BCUT2D eigenvalue weighted by atomic mass is 9.87. The zero-order valence-corrected chi connectivity index (χ0v) is 18.9. The van der Waals surface area contributed by atoms with Gasteiger partial charge in [0.25, 0.3) is 0 Å². The van der Waals surface area contributed by atoms with E-state index in [-0.39, 0.29) is 0 Å². The highest BCUT2D eigenvalue weighted by atomic mass is 35.5. The fourth-order valence-corrected chi connectivity index (χ4v) is 4.49. The summed E-state index contributed by atoms with van der Waals surface area (Å²) < 4.78 is 13.0. The summed E-state index contributed by atoms with van der Waals surface area (Å²) in [5.41, 5.74) is 12.5. The quantitative estimate of drug-likeness (QED) is 0.474. The van der Waals surface area contributed by atoms with Crippen molar-refractivity contribution in [2.24, 2.45) is 5.73 Å². The number of carbonyl (C=O) groups excluding carboxylic acids is 1. The highest BCUT2D eigenvalue weighted by Crippen LogP contribution is 2.42. The maximum atomic E-state index is 11.7. The Bertz CT molecular complexity index is 1400. The number of methoxy groups -OCH3 is 2. The first-order valence-corrected chi connectivity index (χ1v) is 10.7. The maximum Gasteiger partial charge on any atom is 0.250 e. The molecule has 1 aliphatic carbocycles. The molecule has 4 aromatic rings. The van der Waals surface area contributed by atoms with Crippen LogP contribution in [0.4, 0.5) is 0 Å². The molecule has 0 unspecified atom stereocenters. The third kappa shape index (κ3) is 3.70. The normalized spacial score (nSPS) is 12.1. The van der Waals surface area contributed by atoms with E-state index >= 15 is 0 Å². The summed E-state index contributed by atoms with van der Waals surface area (Å²) in [4.78, 5) is 15.9. The number of fused-ring (bicyclic) bond motifs is 3. The summed E-state index contributed by atoms with van der Waals surface area (Å²) in [5.74, 6) is 0.829. The Morgan fingerprint density at radius 3 is 2.55 bits per heavy atom. The minimum Gasteiger partial charge on any atom is -0.497 e. The summed E-state index contributed by atoms with van der Waals surface area (Å²) in [6.07, 6.45) is 6.77. The van der Waals surface area contributed by atoms with Crippen molar-refractivity contribution in [2.45, 2.75) is 12.8 Å². The second-order valence-corrected chi connectivity index (χ2v) is 8.25. The third-order valence-corrected chi connectivity index (χ3v) is 6.08. The van der Waals surface area contributed by atoms with Gasteiger partial charge in [-0.3, -0.25) is 9.78 Å². The van der Waals surface area contributed by atoms with Crippen molar-refractivity contribution in [3.05, 3.63) is 76.7 Å². The summed E-state index contributed by atoms with van der Waals surface area (Å²) >= 11 is 6.33. The van der Waals surface area contributed by atoms with E-state index in [2.05, 4.69) is 16.1 Å². The second kappa shape index (κ2) is 8.26. The van der Waals surface area contributed by atoms with Crippen LogP contribution in [0, 0.1) is 0 Å². The molecule has 2 aromatic carbocycles. The van der Waals surface area contributed by atoms with E-state index < -0.39 is 5.91 Å². The van der Waals surface area contributed by atoms with E-state index in [9.17, 15) is 4.79 Å². The summed E-state index contributed by atoms with van der Waals surface area (Å²) in [6.45, 7) is 0. The van der Waals surface area contributed by atoms with Gasteiger partial charge in [-0.15, -0.1) is 0 Å². The lowest BCUT2D eigenvalue weighted by Crippen LogP contribution is -2.11. The van der Waals surface area contributed by atoms with Crippen LogP contribution in [-0.2, 0) is 12.8 Å². The highest BCUT2D eigenvalue weighted by Gasteiger charge is 2.25. The molecule has 33 heavy (non-hydrogen) atoms. The summed E-state index contributed by atoms with van der Waals surface area (Å²) in [6, 6.07) is 11.3. The fourth-order valence-electron chi connectivity index (χ4n) is 4.27. The lowest BCUT2D eigenvalue weighted by Gasteiger charge is -2.22. The molecule has 2 aromatic heterocycles. The van der Waals surface area contributed by atoms with E-state index in [0.717, 1.165) is 52.0 Å². The van der Waals surface area contributed by atoms with Gasteiger partial charge in [-0.05, 0) is 54.3 Å². The number of pyridine rings is 1. The smallest absolute Gasteiger partial charge is 0.250 e. The van der Waals surface area contributed by atoms with Crippen molar-refractivity contribution in [1.82, 2.24) is 14.8 Å². The first-order valence-electron chi connectivity index (χ1n) is 10.4. The highest BCUT2D eigenvalue weighted by molar-refractivity contribution is 6.30. The topological polar surface area (TPSA) is 92.3 Å². The van der Waals surface area contributed by atoms with Crippen molar-refractivity contribution in [3.63, 3.8) is 0 Å². The molecule has 5 rings (SSSR count). The maximum absolute atomic E-state index is 11.7. The average molecular weight is 461 g/mol. The molecular formula is C25H21ClN4O3. The van der Waals surface area contributed by atoms with Crippen molar-refractivity contribution in [3.8, 4) is 39.6 Å². The number of amides is 1. The first kappa shape index (κ1) is 21.0. The van der Waals surface area contributed by atoms with E-state index in [0.29, 0.717) is 22.1 Å². The third-order valence-electron chi connectivity index (χ3n) is 5.86. The molecule has 1 amide bonds. The number of primary amides is 1. The predicted octanol–water partition coefficient (Wildman–Crippen LogP) is 4.47. The van der Waals surface area contributed by atoms with Crippen LogP contribution in [0.1, 0.15) is 21.5 Å². The fraction of sp³-hybridized carbons (Fsp3) is 0.160. The Balaban J connectivity index is 1.71. The number of halogens is 1. The SMILES string of the molecule is COc1cc(Cl)cc(-n2ncc3c2-c2cc(-c4cncc(C(N)=O)c4)c(OC)cc2CC3)c1. The van der Waals surface area contributed by atoms with Gasteiger partial charge < -0.3 is 15.2 Å². The molecule has 166 valence electrons. The molecule has 0 aliphatic heterocycles. The molecule has 0 saturated carbocycles. The Hall–Kier alpha value is -3.84. The number of hydrogen-bond donors (Lipinski definition) is 1. The van der Waals surface area contributed by atoms with Gasteiger partial charge in [-0.25, -0.2) is 4.68 Å². The van der Waals surface area contributed by atoms with Gasteiger partial charge in [-0.1, -0.05) is 11.6 Å². The van der Waals surface area contributed by atoms with Crippen molar-refractivity contribution >= 4 is 17.5 Å². The summed E-state index contributed by atoms with van der Waals surface area (Å²) in [7, 11) is 3.24. The van der Waals surface area contributed by atoms with Gasteiger partial charge >= 0.3 is 0 Å². The Morgan fingerprint density at radius 2 is 1.79 bits per heavy atom. The van der Waals surface area contributed by atoms with E-state index in [4.69, 9.17) is 26.8 Å². The van der Waals surface area contributed by atoms with E-state index in [1.807, 2.05) is 29.1 Å². The first-order chi connectivity index (χ1) is 16.0. The van der Waals surface area contributed by atoms with Gasteiger partial charge in [-0.2, -0.15) is 5.10 Å². The molecule has 2 N–H and O–H groups in total. The summed E-state index contributed by atoms with van der Waals surface area (Å²) in [5, 5.41) is 5.23. The number of nitrogens with zero attached hydrogens (tertiary/aromatic N) is 3. The number of aryl methyl sites for hydroxylation is 2. The molecule has 0 saturated heterocycles. The minimum atomic E-state index is -0.531. The second-order valence-electron chi connectivity index (χ2n) is 7.82. The Morgan fingerprint density at radius 1 is 0.970 bits per heavy atom. The largest absolute Gasteiger partial charge is 0.497 e. The van der Waals surface area contributed by atoms with Gasteiger partial charge in [0.2, 0.25) is 5.91 Å². The number of rotatable bonds is 5. The molecular weight excluding hydrogens is 440 g/mol. The van der Waals surface area contributed by atoms with Crippen LogP contribution in [0.5, 0.6) is 11.5 Å². The Kier molecular flexibility index (Phi) is 5.26. The van der Waals surface area contributed by atoms with Gasteiger partial charge in [0, 0.05) is 40.2 Å². The van der Waals surface area contributed by atoms with Crippen LogP contribution in [0.25, 0.3) is 28.1 Å². The van der Waals surface area contributed by atoms with E-state index in [1.54, 1.807) is 32.5 Å². The molecule has 0 fully saturated rings. The zero-order chi connectivity index (χ0) is 23.1. The average Bonchev–Trinajstić information content (AvgIpc) is 3.27. The number of hydrogen-bond acceptors (Lipinski definition) is 5. The predicted molar refractivity (Wildman–Crippen MR) is 126 cm³/mol. The van der Waals surface area contributed by atoms with Crippen LogP contribution < -0.4 is 15.2 Å². The molecule has 0 spiro atoms. The number of ether oxygens (including phenoxy) is 2. The number of benzene rings is 2. The van der Waals surface area contributed by atoms with Crippen molar-refractivity contribution in [2.75, 3.05) is 14.2 Å². The number of carbonyl (C=O) groups is 1. The molecule has 1 aliphatic rings. The van der Waals surface area contributed by atoms with Gasteiger partial charge in [0.15, 0.2) is 0 Å². The molecule has 2 heterocycles. The monoisotopic (exact) mass is 460 g/mol. The van der Waals surface area contributed by atoms with Crippen LogP contribution in [0.3, 0.4) is 0 Å². The van der Waals surface area contributed by atoms with Crippen molar-refractivity contribution in [1.29, 1.82) is 0 Å². The molecule has 0 bridgehead atoms. The molecule has 0 radical (unpaired) electrons. The minimum absolute atomic E-state index is 0.337. The Labute approximate surface area is 195 Å². The standard InChI is InChI=1S/C25H21ClN4O3/c1-32-20-8-18(26)7-19(9-20)30-24-15(13-29-30)4-3-14-6-23(33-2)21(10-22(14)24)16-5-17(25(27)31)12-28-11-16/h5-13H,3-4H2,1-2H3,(H2,27,31). The van der Waals surface area contributed by atoms with Crippen LogP contribution in [-0.4, -0.2) is 34.9 Å². The van der Waals surface area contributed by atoms with Crippen LogP contribution >= 0.6 is 11.6 Å². The van der Waals surface area contributed by atoms with Crippen LogP contribution in [0.2, 0.25) is 5.02 Å². The van der Waals surface area contributed by atoms with Gasteiger partial charge in [0.1, 0.15) is 11.5 Å². The van der Waals surface area contributed by atoms with Gasteiger partial charge in [0.05, 0.1) is 37.4 Å². The van der Waals surface area contributed by atoms with Crippen LogP contribution in [0.15, 0.2) is 55.0 Å². The lowest BCUT2D eigenvalue weighted by molar-refractivity contribution is 0.1000. The molecule has 8 heteroatoms.